The fourth-order valence-corrected chi connectivity index (χ4v) is 13.3. The summed E-state index contributed by atoms with van der Waals surface area (Å²) >= 11 is 4.59. The Kier molecular flexibility index (Phi) is 7.88. The molecule has 0 radical (unpaired) electrons. The molecule has 2 nitrogen and oxygen atoms in total. The molecule has 0 aromatic heterocycles. The fraction of sp³-hybridized carbons (Fsp3) is 0.200. The molecular formula is C30H33Br2N2P. The summed E-state index contributed by atoms with van der Waals surface area (Å²) in [6.07, 6.45) is 2.59. The molecule has 0 saturated carbocycles. The minimum atomic E-state index is -2.86. The number of nitrogens with one attached hydrogen (secondary N) is 1. The Balaban J connectivity index is 0.00000289. The number of hydrogen-bond donors (Lipinski definition) is 1. The largest absolute Gasteiger partial charge is 1.00 e. The van der Waals surface area contributed by atoms with Gasteiger partial charge in [-0.25, -0.2) is 0 Å². The van der Waals surface area contributed by atoms with Gasteiger partial charge in [0.25, 0.3) is 0 Å². The van der Waals surface area contributed by atoms with Crippen LogP contribution < -0.4 is 42.7 Å². The molecule has 4 aromatic carbocycles. The number of fused-ring (bicyclic) bond motifs is 1. The maximum atomic E-state index is 4.59. The van der Waals surface area contributed by atoms with E-state index < -0.39 is 5.31 Å². The van der Waals surface area contributed by atoms with Gasteiger partial charge < -0.3 is 17.0 Å². The molecule has 0 amide bonds. The van der Waals surface area contributed by atoms with Gasteiger partial charge in [-0.3, -0.25) is 0 Å². The second-order valence-electron chi connectivity index (χ2n) is 9.34. The third-order valence-electron chi connectivity index (χ3n) is 7.59. The van der Waals surface area contributed by atoms with E-state index in [4.69, 9.17) is 0 Å². The molecule has 5 heteroatoms. The van der Waals surface area contributed by atoms with E-state index >= 15 is 0 Å². The Morgan fingerprint density at radius 1 is 0.714 bits per heavy atom. The Morgan fingerprint density at radius 3 is 1.63 bits per heavy atom. The van der Waals surface area contributed by atoms with E-state index in [2.05, 4.69) is 150 Å². The Bertz CT molecular complexity index is 1150. The molecule has 0 spiro atoms. The molecule has 0 aliphatic carbocycles. The van der Waals surface area contributed by atoms with Crippen LogP contribution in [0, 0.1) is 0 Å². The number of nitrogens with zero attached hydrogens (tertiary/aromatic N) is 1. The second kappa shape index (κ2) is 10.6. The SMILES string of the molecule is CC1N(CCCP(Br)(c2ccccc2)(c2ccccc2)c2ccccc2)c2ccccc2[NH+]1C.[Br-]. The summed E-state index contributed by atoms with van der Waals surface area (Å²) in [4.78, 5) is 4.07. The van der Waals surface area contributed by atoms with Crippen molar-refractivity contribution in [3.63, 3.8) is 0 Å². The summed E-state index contributed by atoms with van der Waals surface area (Å²) in [5.74, 6) is 0. The van der Waals surface area contributed by atoms with Gasteiger partial charge >= 0.3 is 212 Å². The summed E-state index contributed by atoms with van der Waals surface area (Å²) in [7, 11) is 2.28. The van der Waals surface area contributed by atoms with Crippen LogP contribution in [0.3, 0.4) is 0 Å². The van der Waals surface area contributed by atoms with Gasteiger partial charge in [-0.2, -0.15) is 0 Å². The van der Waals surface area contributed by atoms with E-state index in [1.165, 1.54) is 32.2 Å². The maximum Gasteiger partial charge on any atom is -1.00 e. The van der Waals surface area contributed by atoms with Gasteiger partial charge in [-0.1, -0.05) is 0 Å². The molecule has 1 aliphatic heterocycles. The van der Waals surface area contributed by atoms with E-state index in [0.717, 1.165) is 19.1 Å². The number of quaternary nitrogens is 1. The number of anilines is 1. The number of rotatable bonds is 7. The van der Waals surface area contributed by atoms with Crippen molar-refractivity contribution in [3.8, 4) is 0 Å². The third-order valence-corrected chi connectivity index (χ3v) is 17.6. The quantitative estimate of drug-likeness (QED) is 0.315. The Hall–Kier alpha value is -1.97. The first kappa shape index (κ1) is 26.1. The van der Waals surface area contributed by atoms with Gasteiger partial charge in [0.05, 0.1) is 0 Å². The summed E-state index contributed by atoms with van der Waals surface area (Å²) in [5.41, 5.74) is 2.78. The van der Waals surface area contributed by atoms with Crippen LogP contribution in [0.1, 0.15) is 13.3 Å². The number of halogens is 2. The van der Waals surface area contributed by atoms with Gasteiger partial charge in [-0.05, 0) is 0 Å². The first-order valence-corrected chi connectivity index (χ1v) is 16.6. The van der Waals surface area contributed by atoms with E-state index in [1.807, 2.05) is 0 Å². The molecule has 182 valence electrons. The van der Waals surface area contributed by atoms with Crippen molar-refractivity contribution >= 4 is 48.1 Å². The summed E-state index contributed by atoms with van der Waals surface area (Å²) in [6.45, 7) is 3.38. The van der Waals surface area contributed by atoms with Crippen molar-refractivity contribution in [3.05, 3.63) is 115 Å². The van der Waals surface area contributed by atoms with Crippen molar-refractivity contribution in [2.75, 3.05) is 24.7 Å². The van der Waals surface area contributed by atoms with Crippen molar-refractivity contribution in [2.45, 2.75) is 19.5 Å². The molecule has 0 bridgehead atoms. The number of para-hydroxylation sites is 2. The smallest absolute Gasteiger partial charge is 1.00 e. The van der Waals surface area contributed by atoms with Gasteiger partial charge in [0.1, 0.15) is 0 Å². The molecule has 1 aliphatic rings. The molecule has 1 N–H and O–H groups in total. The number of benzene rings is 4. The Morgan fingerprint density at radius 2 is 1.14 bits per heavy atom. The van der Waals surface area contributed by atoms with Crippen LogP contribution in [-0.4, -0.2) is 25.9 Å². The zero-order chi connectivity index (χ0) is 23.6. The van der Waals surface area contributed by atoms with Crippen LogP contribution in [0.25, 0.3) is 0 Å². The topological polar surface area (TPSA) is 7.68 Å². The fourth-order valence-electron chi connectivity index (χ4n) is 5.63. The van der Waals surface area contributed by atoms with Crippen LogP contribution in [0.5, 0.6) is 0 Å². The Labute approximate surface area is 228 Å². The predicted molar refractivity (Wildman–Crippen MR) is 153 cm³/mol. The molecule has 35 heavy (non-hydrogen) atoms. The average molecular weight is 612 g/mol. The van der Waals surface area contributed by atoms with E-state index in [1.54, 1.807) is 0 Å². The van der Waals surface area contributed by atoms with Crippen LogP contribution in [-0.2, 0) is 0 Å². The summed E-state index contributed by atoms with van der Waals surface area (Å²) < 4.78 is 0. The standard InChI is InChI=1S/C30H32BrN2P.BrH/c1-25-32(2)29-21-12-13-22-30(29)33(25)23-14-24-34(31,26-15-6-3-7-16-26,27-17-8-4-9-18-27)28-19-10-5-11-20-28;/h3-13,15-22,25H,14,23-24H2,1-2H3;1H. The molecule has 2 atom stereocenters. The third kappa shape index (κ3) is 4.40. The average Bonchev–Trinajstić information content (AvgIpc) is 3.15. The zero-order valence-electron chi connectivity index (χ0n) is 20.3. The summed E-state index contributed by atoms with van der Waals surface area (Å²) in [6, 6.07) is 42.2. The minimum absolute atomic E-state index is 0. The zero-order valence-corrected chi connectivity index (χ0v) is 24.4. The normalized spacial score (nSPS) is 18.3. The van der Waals surface area contributed by atoms with Crippen molar-refractivity contribution < 1.29 is 21.9 Å². The van der Waals surface area contributed by atoms with Crippen molar-refractivity contribution in [1.82, 2.24) is 0 Å². The molecular weight excluding hydrogens is 579 g/mol. The molecule has 1 heterocycles. The first-order chi connectivity index (χ1) is 16.5. The summed E-state index contributed by atoms with van der Waals surface area (Å²) in [5, 5.41) is 1.31. The minimum Gasteiger partial charge on any atom is -1.00 e. The van der Waals surface area contributed by atoms with Gasteiger partial charge in [-0.15, -0.1) is 0 Å². The van der Waals surface area contributed by atoms with Crippen LogP contribution in [0.2, 0.25) is 0 Å². The van der Waals surface area contributed by atoms with Crippen LogP contribution >= 0.6 is 20.8 Å². The molecule has 2 unspecified atom stereocenters. The van der Waals surface area contributed by atoms with E-state index in [0.29, 0.717) is 6.17 Å². The van der Waals surface area contributed by atoms with Crippen LogP contribution in [0.15, 0.2) is 115 Å². The molecule has 0 saturated heterocycles. The second-order valence-corrected chi connectivity index (χ2v) is 18.4. The molecule has 5 rings (SSSR count). The van der Waals surface area contributed by atoms with Crippen LogP contribution in [0.4, 0.5) is 11.4 Å². The van der Waals surface area contributed by atoms with E-state index in [9.17, 15) is 0 Å². The van der Waals surface area contributed by atoms with Crippen molar-refractivity contribution in [2.24, 2.45) is 0 Å². The first-order valence-electron chi connectivity index (χ1n) is 12.1. The van der Waals surface area contributed by atoms with E-state index in [-0.39, 0.29) is 17.0 Å². The number of hydrogen-bond acceptors (Lipinski definition) is 1. The monoisotopic (exact) mass is 610 g/mol. The molecule has 4 aromatic rings. The van der Waals surface area contributed by atoms with Crippen molar-refractivity contribution in [1.29, 1.82) is 0 Å². The predicted octanol–water partition coefficient (Wildman–Crippen LogP) is 2.23. The van der Waals surface area contributed by atoms with Gasteiger partial charge in [0.15, 0.2) is 0 Å². The maximum absolute atomic E-state index is 4.59. The molecule has 0 fully saturated rings. The van der Waals surface area contributed by atoms with Gasteiger partial charge in [0, 0.05) is 0 Å². The van der Waals surface area contributed by atoms with Gasteiger partial charge in [0.2, 0.25) is 0 Å².